The van der Waals surface area contributed by atoms with Crippen LogP contribution >= 0.6 is 24.0 Å². The van der Waals surface area contributed by atoms with E-state index in [1.807, 2.05) is 19.2 Å². The van der Waals surface area contributed by atoms with Gasteiger partial charge in [-0.25, -0.2) is 0 Å². The summed E-state index contributed by atoms with van der Waals surface area (Å²) in [7, 11) is 3.54. The normalized spacial score (nSPS) is 16.0. The molecule has 1 saturated heterocycles. The maximum atomic E-state index is 5.73. The van der Waals surface area contributed by atoms with Gasteiger partial charge >= 0.3 is 0 Å². The van der Waals surface area contributed by atoms with Crippen molar-refractivity contribution in [1.29, 1.82) is 0 Å². The fourth-order valence-corrected chi connectivity index (χ4v) is 3.75. The van der Waals surface area contributed by atoms with E-state index in [0.717, 1.165) is 49.9 Å². The molecule has 0 aromatic heterocycles. The molecule has 0 saturated carbocycles. The van der Waals surface area contributed by atoms with Crippen LogP contribution in [0.25, 0.3) is 0 Å². The van der Waals surface area contributed by atoms with Gasteiger partial charge < -0.3 is 25.0 Å². The minimum absolute atomic E-state index is 0. The Morgan fingerprint density at radius 2 is 1.87 bits per heavy atom. The van der Waals surface area contributed by atoms with Crippen molar-refractivity contribution in [2.75, 3.05) is 38.8 Å². The summed E-state index contributed by atoms with van der Waals surface area (Å²) in [4.78, 5) is 6.79. The lowest BCUT2D eigenvalue weighted by Crippen LogP contribution is -2.44. The van der Waals surface area contributed by atoms with Crippen molar-refractivity contribution >= 4 is 35.6 Å². The number of nitrogens with zero attached hydrogens (tertiary/aromatic N) is 2. The van der Waals surface area contributed by atoms with E-state index in [0.29, 0.717) is 19.2 Å². The monoisotopic (exact) mass is 538 g/mol. The number of para-hydroxylation sites is 2. The number of aliphatic imine (C=N–C) groups is 1. The van der Waals surface area contributed by atoms with Gasteiger partial charge in [-0.1, -0.05) is 43.3 Å². The fraction of sp³-hybridized carbons (Fsp3) is 0.458. The van der Waals surface area contributed by atoms with Crippen LogP contribution in [0.5, 0.6) is 5.75 Å². The highest BCUT2D eigenvalue weighted by atomic mass is 127. The van der Waals surface area contributed by atoms with E-state index in [4.69, 9.17) is 9.47 Å². The van der Waals surface area contributed by atoms with Crippen LogP contribution in [0.1, 0.15) is 30.9 Å². The van der Waals surface area contributed by atoms with Crippen LogP contribution in [0, 0.1) is 0 Å². The predicted octanol–water partition coefficient (Wildman–Crippen LogP) is 4.18. The highest BCUT2D eigenvalue weighted by molar-refractivity contribution is 14.0. The molecule has 0 radical (unpaired) electrons. The Morgan fingerprint density at radius 3 is 2.61 bits per heavy atom. The number of ether oxygens (including phenoxy) is 2. The van der Waals surface area contributed by atoms with E-state index in [1.54, 1.807) is 7.11 Å². The summed E-state index contributed by atoms with van der Waals surface area (Å²) in [5.74, 6) is 1.74. The number of anilines is 1. The van der Waals surface area contributed by atoms with E-state index >= 15 is 0 Å². The molecule has 1 aliphatic rings. The molecule has 2 aromatic carbocycles. The highest BCUT2D eigenvalue weighted by Gasteiger charge is 2.25. The lowest BCUT2D eigenvalue weighted by Gasteiger charge is -2.22. The molecular weight excluding hydrogens is 503 g/mol. The first-order valence-electron chi connectivity index (χ1n) is 10.7. The summed E-state index contributed by atoms with van der Waals surface area (Å²) in [5.41, 5.74) is 3.60. The van der Waals surface area contributed by atoms with E-state index in [1.165, 1.54) is 11.1 Å². The van der Waals surface area contributed by atoms with E-state index < -0.39 is 0 Å². The molecule has 1 aliphatic heterocycles. The van der Waals surface area contributed by atoms with Crippen molar-refractivity contribution in [2.45, 2.75) is 39.0 Å². The second kappa shape index (κ2) is 13.4. The average molecular weight is 538 g/mol. The van der Waals surface area contributed by atoms with E-state index in [2.05, 4.69) is 63.8 Å². The van der Waals surface area contributed by atoms with Gasteiger partial charge in [0.2, 0.25) is 0 Å². The highest BCUT2D eigenvalue weighted by Crippen LogP contribution is 2.30. The molecule has 170 valence electrons. The lowest BCUT2D eigenvalue weighted by atomic mass is 10.1. The molecule has 0 amide bonds. The molecular formula is C24H35IN4O2. The molecule has 3 rings (SSSR count). The molecule has 2 aromatic rings. The standard InChI is InChI=1S/C24H34N4O2.HI/c1-4-15-30-18-20-10-6-5-9-19(20)16-26-24(25-2)27-21-13-14-28(17-21)22-11-7-8-12-23(22)29-3;/h5-12,21H,4,13-18H2,1-3H3,(H2,25,26,27);1H. The zero-order valence-electron chi connectivity index (χ0n) is 18.8. The van der Waals surface area contributed by atoms with Gasteiger partial charge in [0, 0.05) is 39.3 Å². The Morgan fingerprint density at radius 1 is 1.13 bits per heavy atom. The van der Waals surface area contributed by atoms with Crippen LogP contribution in [0.4, 0.5) is 5.69 Å². The van der Waals surface area contributed by atoms with Crippen LogP contribution in [0.15, 0.2) is 53.5 Å². The number of benzene rings is 2. The molecule has 6 nitrogen and oxygen atoms in total. The maximum absolute atomic E-state index is 5.73. The Kier molecular flexibility index (Phi) is 10.9. The van der Waals surface area contributed by atoms with Crippen molar-refractivity contribution in [3.05, 3.63) is 59.7 Å². The molecule has 0 aliphatic carbocycles. The van der Waals surface area contributed by atoms with Gasteiger partial charge in [0.25, 0.3) is 0 Å². The minimum Gasteiger partial charge on any atom is -0.495 e. The summed E-state index contributed by atoms with van der Waals surface area (Å²) in [6, 6.07) is 16.9. The van der Waals surface area contributed by atoms with Crippen LogP contribution in [-0.4, -0.2) is 45.9 Å². The molecule has 2 N–H and O–H groups in total. The molecule has 1 heterocycles. The molecule has 31 heavy (non-hydrogen) atoms. The number of methoxy groups -OCH3 is 1. The van der Waals surface area contributed by atoms with Gasteiger partial charge in [0.05, 0.1) is 19.4 Å². The van der Waals surface area contributed by atoms with E-state index in [9.17, 15) is 0 Å². The third kappa shape index (κ3) is 7.28. The summed E-state index contributed by atoms with van der Waals surface area (Å²) in [5, 5.41) is 7.03. The summed E-state index contributed by atoms with van der Waals surface area (Å²) >= 11 is 0. The van der Waals surface area contributed by atoms with E-state index in [-0.39, 0.29) is 24.0 Å². The topological polar surface area (TPSA) is 58.1 Å². The Hall–Kier alpha value is -2.00. The van der Waals surface area contributed by atoms with Crippen LogP contribution in [-0.2, 0) is 17.9 Å². The first-order chi connectivity index (χ1) is 14.7. The molecule has 1 fully saturated rings. The van der Waals surface area contributed by atoms with Crippen molar-refractivity contribution in [3.8, 4) is 5.75 Å². The molecule has 0 bridgehead atoms. The van der Waals surface area contributed by atoms with Gasteiger partial charge in [-0.2, -0.15) is 0 Å². The Balaban J connectivity index is 0.00000341. The summed E-state index contributed by atoms with van der Waals surface area (Å²) < 4.78 is 11.3. The summed E-state index contributed by atoms with van der Waals surface area (Å²) in [6.07, 6.45) is 2.09. The zero-order valence-corrected chi connectivity index (χ0v) is 21.1. The first kappa shape index (κ1) is 25.3. The van der Waals surface area contributed by atoms with Crippen LogP contribution < -0.4 is 20.3 Å². The van der Waals surface area contributed by atoms with Crippen molar-refractivity contribution in [1.82, 2.24) is 10.6 Å². The number of guanidine groups is 1. The van der Waals surface area contributed by atoms with Gasteiger partial charge in [-0.05, 0) is 36.1 Å². The quantitative estimate of drug-likeness (QED) is 0.217. The lowest BCUT2D eigenvalue weighted by molar-refractivity contribution is 0.121. The Bertz CT molecular complexity index is 831. The maximum Gasteiger partial charge on any atom is 0.191 e. The zero-order chi connectivity index (χ0) is 21.2. The van der Waals surface area contributed by atoms with Gasteiger partial charge in [0.15, 0.2) is 5.96 Å². The van der Waals surface area contributed by atoms with Gasteiger partial charge in [0.1, 0.15) is 5.75 Å². The van der Waals surface area contributed by atoms with Crippen LogP contribution in [0.3, 0.4) is 0 Å². The molecule has 1 unspecified atom stereocenters. The fourth-order valence-electron chi connectivity index (χ4n) is 3.75. The predicted molar refractivity (Wildman–Crippen MR) is 139 cm³/mol. The van der Waals surface area contributed by atoms with Gasteiger partial charge in [-0.15, -0.1) is 24.0 Å². The number of hydrogen-bond acceptors (Lipinski definition) is 4. The van der Waals surface area contributed by atoms with Crippen molar-refractivity contribution < 1.29 is 9.47 Å². The molecule has 7 heteroatoms. The number of nitrogens with one attached hydrogen (secondary N) is 2. The third-order valence-electron chi connectivity index (χ3n) is 5.35. The first-order valence-corrected chi connectivity index (χ1v) is 10.7. The third-order valence-corrected chi connectivity index (χ3v) is 5.35. The Labute approximate surface area is 203 Å². The minimum atomic E-state index is 0. The SMILES string of the molecule is CCCOCc1ccccc1CNC(=NC)NC1CCN(c2ccccc2OC)C1.I. The van der Waals surface area contributed by atoms with Crippen LogP contribution in [0.2, 0.25) is 0 Å². The number of rotatable bonds is 9. The molecule has 0 spiro atoms. The number of hydrogen-bond donors (Lipinski definition) is 2. The van der Waals surface area contributed by atoms with Crippen molar-refractivity contribution in [2.24, 2.45) is 4.99 Å². The average Bonchev–Trinajstić information content (AvgIpc) is 3.26. The largest absolute Gasteiger partial charge is 0.495 e. The second-order valence-electron chi connectivity index (χ2n) is 7.49. The van der Waals surface area contributed by atoms with Gasteiger partial charge in [-0.3, -0.25) is 4.99 Å². The smallest absolute Gasteiger partial charge is 0.191 e. The molecule has 1 atom stereocenters. The number of halogens is 1. The van der Waals surface area contributed by atoms with Crippen molar-refractivity contribution in [3.63, 3.8) is 0 Å². The second-order valence-corrected chi connectivity index (χ2v) is 7.49. The summed E-state index contributed by atoms with van der Waals surface area (Å²) in [6.45, 7) is 6.19.